The van der Waals surface area contributed by atoms with Crippen molar-refractivity contribution in [1.82, 2.24) is 5.32 Å². The first-order valence-corrected chi connectivity index (χ1v) is 8.08. The Morgan fingerprint density at radius 1 is 1.00 bits per heavy atom. The van der Waals surface area contributed by atoms with Crippen LogP contribution < -0.4 is 10.2 Å². The predicted octanol–water partition coefficient (Wildman–Crippen LogP) is 3.05. The van der Waals surface area contributed by atoms with Gasteiger partial charge in [-0.3, -0.25) is 0 Å². The summed E-state index contributed by atoms with van der Waals surface area (Å²) >= 11 is 0. The van der Waals surface area contributed by atoms with Crippen molar-refractivity contribution < 1.29 is 9.53 Å². The minimum Gasteiger partial charge on any atom is -0.445 e. The summed E-state index contributed by atoms with van der Waals surface area (Å²) in [6.07, 6.45) is -0.306. The Balaban J connectivity index is 1.23. The number of benzene rings is 2. The molecule has 0 spiro atoms. The van der Waals surface area contributed by atoms with Crippen molar-refractivity contribution in [2.24, 2.45) is 11.8 Å². The number of para-hydroxylation sites is 1. The van der Waals surface area contributed by atoms with E-state index in [4.69, 9.17) is 4.74 Å². The molecule has 1 aliphatic carbocycles. The van der Waals surface area contributed by atoms with Gasteiger partial charge in [-0.15, -0.1) is 0 Å². The highest BCUT2D eigenvalue weighted by molar-refractivity contribution is 5.68. The first-order chi connectivity index (χ1) is 11.3. The highest BCUT2D eigenvalue weighted by atomic mass is 16.5. The molecule has 1 saturated carbocycles. The minimum absolute atomic E-state index is 0.276. The van der Waals surface area contributed by atoms with Gasteiger partial charge in [-0.05, 0) is 17.7 Å². The molecule has 2 atom stereocenters. The maximum atomic E-state index is 11.9. The summed E-state index contributed by atoms with van der Waals surface area (Å²) in [4.78, 5) is 14.3. The second-order valence-corrected chi connectivity index (χ2v) is 6.30. The number of hydrogen-bond donors (Lipinski definition) is 1. The molecule has 1 saturated heterocycles. The Labute approximate surface area is 136 Å². The summed E-state index contributed by atoms with van der Waals surface area (Å²) in [6.45, 7) is 2.35. The van der Waals surface area contributed by atoms with Crippen LogP contribution in [0.5, 0.6) is 0 Å². The number of hydrogen-bond acceptors (Lipinski definition) is 3. The maximum Gasteiger partial charge on any atom is 0.407 e. The van der Waals surface area contributed by atoms with Gasteiger partial charge in [-0.25, -0.2) is 4.79 Å². The van der Waals surface area contributed by atoms with Crippen molar-refractivity contribution in [3.8, 4) is 0 Å². The number of ether oxygens (including phenoxy) is 1. The van der Waals surface area contributed by atoms with Crippen molar-refractivity contribution in [3.05, 3.63) is 66.2 Å². The van der Waals surface area contributed by atoms with Gasteiger partial charge in [0.2, 0.25) is 0 Å². The van der Waals surface area contributed by atoms with Gasteiger partial charge in [0, 0.05) is 36.7 Å². The predicted molar refractivity (Wildman–Crippen MR) is 89.2 cm³/mol. The fraction of sp³-hybridized carbons (Fsp3) is 0.316. The van der Waals surface area contributed by atoms with Gasteiger partial charge in [-0.1, -0.05) is 48.5 Å². The van der Waals surface area contributed by atoms with Crippen LogP contribution in [0.15, 0.2) is 60.7 Å². The van der Waals surface area contributed by atoms with E-state index in [1.165, 1.54) is 5.69 Å². The molecule has 4 nitrogen and oxygen atoms in total. The number of alkyl carbamates (subject to hydrolysis) is 1. The average Bonchev–Trinajstić information content (AvgIpc) is 3.05. The summed E-state index contributed by atoms with van der Waals surface area (Å²) in [5, 5.41) is 3.01. The molecule has 0 aromatic heterocycles. The van der Waals surface area contributed by atoms with Gasteiger partial charge >= 0.3 is 6.09 Å². The third kappa shape index (κ3) is 3.02. The number of carbonyl (C=O) groups is 1. The Morgan fingerprint density at radius 3 is 2.26 bits per heavy atom. The molecule has 4 rings (SSSR count). The first kappa shape index (κ1) is 14.1. The van der Waals surface area contributed by atoms with Crippen LogP contribution in [0.1, 0.15) is 5.56 Å². The molecule has 2 aromatic carbocycles. The van der Waals surface area contributed by atoms with Gasteiger partial charge in [-0.2, -0.15) is 0 Å². The van der Waals surface area contributed by atoms with Crippen LogP contribution in [0, 0.1) is 11.8 Å². The van der Waals surface area contributed by atoms with Crippen LogP contribution >= 0.6 is 0 Å². The number of carbonyl (C=O) groups excluding carboxylic acids is 1. The number of anilines is 1. The van der Waals surface area contributed by atoms with E-state index in [1.807, 2.05) is 36.4 Å². The summed E-state index contributed by atoms with van der Waals surface area (Å²) in [5.41, 5.74) is 2.28. The fourth-order valence-corrected chi connectivity index (χ4v) is 3.49. The van der Waals surface area contributed by atoms with E-state index in [9.17, 15) is 4.79 Å². The number of fused-ring (bicyclic) bond motifs is 1. The Hall–Kier alpha value is -2.49. The molecule has 2 fully saturated rings. The van der Waals surface area contributed by atoms with Crippen LogP contribution in [0.25, 0.3) is 0 Å². The Kier molecular flexibility index (Phi) is 3.66. The quantitative estimate of drug-likeness (QED) is 0.944. The maximum absolute atomic E-state index is 11.9. The zero-order valence-corrected chi connectivity index (χ0v) is 12.9. The summed E-state index contributed by atoms with van der Waals surface area (Å²) in [5.74, 6) is 1.11. The molecule has 2 aromatic rings. The van der Waals surface area contributed by atoms with E-state index < -0.39 is 0 Å². The molecule has 4 heteroatoms. The van der Waals surface area contributed by atoms with Crippen molar-refractivity contribution >= 4 is 11.8 Å². The lowest BCUT2D eigenvalue weighted by Gasteiger charge is -2.22. The van der Waals surface area contributed by atoms with E-state index in [2.05, 4.69) is 34.5 Å². The molecule has 0 bridgehead atoms. The van der Waals surface area contributed by atoms with Crippen LogP contribution in [-0.4, -0.2) is 25.2 Å². The zero-order valence-electron chi connectivity index (χ0n) is 12.9. The second kappa shape index (κ2) is 5.95. The van der Waals surface area contributed by atoms with Crippen LogP contribution in [0.4, 0.5) is 10.5 Å². The van der Waals surface area contributed by atoms with Gasteiger partial charge in [0.05, 0.1) is 0 Å². The monoisotopic (exact) mass is 308 g/mol. The molecular weight excluding hydrogens is 288 g/mol. The van der Waals surface area contributed by atoms with Crippen molar-refractivity contribution in [1.29, 1.82) is 0 Å². The third-order valence-corrected chi connectivity index (χ3v) is 4.81. The molecule has 1 aliphatic heterocycles. The van der Waals surface area contributed by atoms with Gasteiger partial charge in [0.15, 0.2) is 0 Å². The number of rotatable bonds is 4. The highest BCUT2D eigenvalue weighted by Gasteiger charge is 2.56. The number of amides is 1. The lowest BCUT2D eigenvalue weighted by molar-refractivity contribution is 0.138. The van der Waals surface area contributed by atoms with E-state index in [-0.39, 0.29) is 12.1 Å². The Bertz CT molecular complexity index is 662. The molecule has 0 radical (unpaired) electrons. The molecular formula is C19H20N2O2. The van der Waals surface area contributed by atoms with Crippen LogP contribution in [0.2, 0.25) is 0 Å². The van der Waals surface area contributed by atoms with Gasteiger partial charge in [0.25, 0.3) is 0 Å². The standard InChI is InChI=1S/C19H20N2O2/c22-19(23-13-14-7-3-1-4-8-14)20-18-16-11-21(12-17(16)18)15-9-5-2-6-10-15/h1-10,16-18H,11-13H2,(H,20,22). The second-order valence-electron chi connectivity index (χ2n) is 6.30. The zero-order chi connectivity index (χ0) is 15.6. The summed E-state index contributed by atoms with van der Waals surface area (Å²) in [7, 11) is 0. The molecule has 1 N–H and O–H groups in total. The van der Waals surface area contributed by atoms with Gasteiger partial charge < -0.3 is 15.0 Å². The lowest BCUT2D eigenvalue weighted by Crippen LogP contribution is -2.34. The van der Waals surface area contributed by atoms with Gasteiger partial charge in [0.1, 0.15) is 6.61 Å². The van der Waals surface area contributed by atoms with Crippen LogP contribution in [-0.2, 0) is 11.3 Å². The molecule has 1 heterocycles. The van der Waals surface area contributed by atoms with E-state index >= 15 is 0 Å². The first-order valence-electron chi connectivity index (χ1n) is 8.08. The van der Waals surface area contributed by atoms with Crippen molar-refractivity contribution in [2.45, 2.75) is 12.6 Å². The SMILES string of the molecule is O=C(NC1C2CN(c3ccccc3)CC21)OCc1ccccc1. The highest BCUT2D eigenvalue weighted by Crippen LogP contribution is 2.46. The third-order valence-electron chi connectivity index (χ3n) is 4.81. The molecule has 1 amide bonds. The summed E-state index contributed by atoms with van der Waals surface area (Å²) < 4.78 is 5.29. The molecule has 2 aliphatic rings. The van der Waals surface area contributed by atoms with E-state index in [0.717, 1.165) is 18.7 Å². The Morgan fingerprint density at radius 2 is 1.61 bits per heavy atom. The molecule has 118 valence electrons. The number of piperidine rings is 1. The lowest BCUT2D eigenvalue weighted by atomic mass is 10.2. The average molecular weight is 308 g/mol. The smallest absolute Gasteiger partial charge is 0.407 e. The van der Waals surface area contributed by atoms with E-state index in [1.54, 1.807) is 0 Å². The van der Waals surface area contributed by atoms with Crippen LogP contribution in [0.3, 0.4) is 0 Å². The number of nitrogens with one attached hydrogen (secondary N) is 1. The van der Waals surface area contributed by atoms with Crippen molar-refractivity contribution in [3.63, 3.8) is 0 Å². The summed E-state index contributed by atoms with van der Waals surface area (Å²) in [6, 6.07) is 20.5. The van der Waals surface area contributed by atoms with Crippen molar-refractivity contribution in [2.75, 3.05) is 18.0 Å². The molecule has 23 heavy (non-hydrogen) atoms. The normalized spacial score (nSPS) is 24.9. The molecule has 2 unspecified atom stereocenters. The number of nitrogens with zero attached hydrogens (tertiary/aromatic N) is 1. The fourth-order valence-electron chi connectivity index (χ4n) is 3.49. The minimum atomic E-state index is -0.306. The topological polar surface area (TPSA) is 41.6 Å². The largest absolute Gasteiger partial charge is 0.445 e. The van der Waals surface area contributed by atoms with E-state index in [0.29, 0.717) is 18.4 Å².